The van der Waals surface area contributed by atoms with Crippen LogP contribution < -0.4 is 4.90 Å². The minimum Gasteiger partial charge on any atom is -0.375 e. The summed E-state index contributed by atoms with van der Waals surface area (Å²) < 4.78 is 5.62. The number of anilines is 1. The van der Waals surface area contributed by atoms with E-state index in [1.54, 1.807) is 0 Å². The van der Waals surface area contributed by atoms with E-state index in [1.165, 1.54) is 5.39 Å². The van der Waals surface area contributed by atoms with Gasteiger partial charge in [0.15, 0.2) is 0 Å². The van der Waals surface area contributed by atoms with Crippen LogP contribution in [-0.4, -0.2) is 40.8 Å². The van der Waals surface area contributed by atoms with Crippen LogP contribution in [0.3, 0.4) is 0 Å². The van der Waals surface area contributed by atoms with Gasteiger partial charge in [0.05, 0.1) is 18.2 Å². The molecule has 0 bridgehead atoms. The number of benzene rings is 2. The van der Waals surface area contributed by atoms with Gasteiger partial charge in [0.1, 0.15) is 0 Å². The Hall–Kier alpha value is -2.92. The number of H-pyrrole nitrogens is 1. The molecule has 0 spiro atoms. The fraction of sp³-hybridized carbons (Fsp3) is 0.238. The molecule has 5 nitrogen and oxygen atoms in total. The van der Waals surface area contributed by atoms with Crippen LogP contribution >= 0.6 is 0 Å². The zero-order chi connectivity index (χ0) is 17.5. The summed E-state index contributed by atoms with van der Waals surface area (Å²) in [5.74, 6) is 0.779. The Labute approximate surface area is 151 Å². The van der Waals surface area contributed by atoms with E-state index in [2.05, 4.69) is 64.3 Å². The van der Waals surface area contributed by atoms with Crippen molar-refractivity contribution >= 4 is 27.8 Å². The molecule has 2 aromatic carbocycles. The fourth-order valence-electron chi connectivity index (χ4n) is 3.56. The number of para-hydroxylation sites is 1. The largest absolute Gasteiger partial charge is 0.375 e. The van der Waals surface area contributed by atoms with Gasteiger partial charge >= 0.3 is 0 Å². The van der Waals surface area contributed by atoms with Crippen molar-refractivity contribution in [1.29, 1.82) is 0 Å². The van der Waals surface area contributed by atoms with Gasteiger partial charge in [-0.25, -0.2) is 9.97 Å². The third kappa shape index (κ3) is 2.70. The maximum atomic E-state index is 5.62. The minimum absolute atomic E-state index is 0.209. The molecule has 5 heteroatoms. The Morgan fingerprint density at radius 1 is 1.12 bits per heavy atom. The number of nitrogens with one attached hydrogen (secondary N) is 1. The van der Waals surface area contributed by atoms with Crippen molar-refractivity contribution in [2.45, 2.75) is 13.0 Å². The van der Waals surface area contributed by atoms with Gasteiger partial charge in [-0.1, -0.05) is 30.3 Å². The van der Waals surface area contributed by atoms with E-state index < -0.39 is 0 Å². The zero-order valence-electron chi connectivity index (χ0n) is 14.6. The van der Waals surface area contributed by atoms with Gasteiger partial charge in [0.25, 0.3) is 0 Å². The third-order valence-electron chi connectivity index (χ3n) is 4.93. The molecule has 1 N–H and O–H groups in total. The van der Waals surface area contributed by atoms with E-state index in [9.17, 15) is 0 Å². The molecule has 1 aliphatic heterocycles. The maximum absolute atomic E-state index is 5.62. The Morgan fingerprint density at radius 3 is 2.92 bits per heavy atom. The molecule has 0 unspecified atom stereocenters. The lowest BCUT2D eigenvalue weighted by Gasteiger charge is -2.31. The number of ether oxygens (including phenoxy) is 1. The average Bonchev–Trinajstić information content (AvgIpc) is 3.11. The van der Waals surface area contributed by atoms with Crippen molar-refractivity contribution in [2.75, 3.05) is 24.6 Å². The van der Waals surface area contributed by atoms with Crippen molar-refractivity contribution < 1.29 is 4.74 Å². The van der Waals surface area contributed by atoms with Crippen molar-refractivity contribution in [2.24, 2.45) is 0 Å². The number of aromatic nitrogens is 3. The lowest BCUT2D eigenvalue weighted by Crippen LogP contribution is -2.41. The normalized spacial score (nSPS) is 17.9. The van der Waals surface area contributed by atoms with Gasteiger partial charge in [0.2, 0.25) is 5.95 Å². The number of nitrogens with zero attached hydrogens (tertiary/aromatic N) is 3. The van der Waals surface area contributed by atoms with Crippen molar-refractivity contribution in [3.8, 4) is 11.3 Å². The lowest BCUT2D eigenvalue weighted by atomic mass is 10.1. The molecule has 0 aliphatic carbocycles. The second-order valence-electron chi connectivity index (χ2n) is 6.84. The van der Waals surface area contributed by atoms with Crippen molar-refractivity contribution in [3.05, 3.63) is 54.7 Å². The first kappa shape index (κ1) is 15.3. The lowest BCUT2D eigenvalue weighted by molar-refractivity contribution is 0.0526. The zero-order valence-corrected chi connectivity index (χ0v) is 14.6. The van der Waals surface area contributed by atoms with Gasteiger partial charge in [-0.05, 0) is 25.1 Å². The Balaban J connectivity index is 1.55. The number of aromatic amines is 1. The summed E-state index contributed by atoms with van der Waals surface area (Å²) in [6, 6.07) is 16.8. The van der Waals surface area contributed by atoms with E-state index in [-0.39, 0.29) is 6.10 Å². The maximum Gasteiger partial charge on any atom is 0.226 e. The fourth-order valence-corrected chi connectivity index (χ4v) is 3.56. The van der Waals surface area contributed by atoms with E-state index in [1.807, 2.05) is 12.3 Å². The molecule has 0 saturated carbocycles. The highest BCUT2D eigenvalue weighted by Crippen LogP contribution is 2.27. The van der Waals surface area contributed by atoms with E-state index in [0.29, 0.717) is 0 Å². The molecule has 1 aliphatic rings. The number of rotatable bonds is 2. The molecule has 3 heterocycles. The van der Waals surface area contributed by atoms with Crippen LogP contribution in [0.1, 0.15) is 6.92 Å². The van der Waals surface area contributed by atoms with Crippen LogP contribution in [0.4, 0.5) is 5.95 Å². The molecular formula is C21H20N4O. The summed E-state index contributed by atoms with van der Waals surface area (Å²) >= 11 is 0. The molecule has 1 fully saturated rings. The topological polar surface area (TPSA) is 54.0 Å². The summed E-state index contributed by atoms with van der Waals surface area (Å²) in [6.07, 6.45) is 2.12. The van der Waals surface area contributed by atoms with Crippen LogP contribution in [0.25, 0.3) is 33.1 Å². The summed E-state index contributed by atoms with van der Waals surface area (Å²) in [6.45, 7) is 4.46. The first-order valence-corrected chi connectivity index (χ1v) is 8.98. The molecule has 1 atom stereocenters. The van der Waals surface area contributed by atoms with E-state index in [4.69, 9.17) is 9.72 Å². The highest BCUT2D eigenvalue weighted by atomic mass is 16.5. The van der Waals surface area contributed by atoms with Gasteiger partial charge < -0.3 is 14.6 Å². The van der Waals surface area contributed by atoms with Gasteiger partial charge in [-0.15, -0.1) is 0 Å². The Bertz CT molecular complexity index is 1050. The highest BCUT2D eigenvalue weighted by Gasteiger charge is 2.19. The second-order valence-corrected chi connectivity index (χ2v) is 6.84. The summed E-state index contributed by atoms with van der Waals surface area (Å²) in [7, 11) is 0. The third-order valence-corrected chi connectivity index (χ3v) is 4.93. The Morgan fingerprint density at radius 2 is 2.04 bits per heavy atom. The molecule has 26 heavy (non-hydrogen) atoms. The van der Waals surface area contributed by atoms with Crippen LogP contribution in [0.2, 0.25) is 0 Å². The predicted molar refractivity (Wildman–Crippen MR) is 104 cm³/mol. The van der Waals surface area contributed by atoms with Crippen LogP contribution in [0.15, 0.2) is 54.7 Å². The molecule has 130 valence electrons. The van der Waals surface area contributed by atoms with Crippen molar-refractivity contribution in [1.82, 2.24) is 15.0 Å². The number of hydrogen-bond acceptors (Lipinski definition) is 4. The quantitative estimate of drug-likeness (QED) is 0.597. The van der Waals surface area contributed by atoms with Crippen LogP contribution in [0.5, 0.6) is 0 Å². The standard InChI is InChI=1S/C21H20N4O/c1-14-13-25(8-9-26-14)21-22-12-17-7-6-16(11-20(17)24-21)19-10-15-4-2-3-5-18(15)23-19/h2-7,10-12,14,23H,8-9,13H2,1H3/t14-/m1/s1. The highest BCUT2D eigenvalue weighted by molar-refractivity contribution is 5.89. The predicted octanol–water partition coefficient (Wildman–Crippen LogP) is 4.00. The monoisotopic (exact) mass is 344 g/mol. The first-order chi connectivity index (χ1) is 12.8. The second kappa shape index (κ2) is 6.11. The molecule has 5 rings (SSSR count). The number of hydrogen-bond donors (Lipinski definition) is 1. The van der Waals surface area contributed by atoms with Gasteiger partial charge in [0, 0.05) is 46.8 Å². The molecule has 4 aromatic rings. The van der Waals surface area contributed by atoms with E-state index >= 15 is 0 Å². The molecule has 0 radical (unpaired) electrons. The van der Waals surface area contributed by atoms with E-state index in [0.717, 1.165) is 53.3 Å². The smallest absolute Gasteiger partial charge is 0.226 e. The van der Waals surface area contributed by atoms with Crippen molar-refractivity contribution in [3.63, 3.8) is 0 Å². The summed E-state index contributed by atoms with van der Waals surface area (Å²) in [5, 5.41) is 2.27. The SMILES string of the molecule is C[C@@H]1CN(c2ncc3ccc(-c4cc5ccccc5[nH]4)cc3n2)CCO1. The first-order valence-electron chi connectivity index (χ1n) is 8.98. The summed E-state index contributed by atoms with van der Waals surface area (Å²) in [4.78, 5) is 15.1. The summed E-state index contributed by atoms with van der Waals surface area (Å²) in [5.41, 5.74) is 4.35. The Kier molecular flexibility index (Phi) is 3.60. The molecule has 1 saturated heterocycles. The van der Waals surface area contributed by atoms with Crippen LogP contribution in [-0.2, 0) is 4.74 Å². The average molecular weight is 344 g/mol. The minimum atomic E-state index is 0.209. The van der Waals surface area contributed by atoms with Crippen LogP contribution in [0, 0.1) is 0 Å². The number of fused-ring (bicyclic) bond motifs is 2. The van der Waals surface area contributed by atoms with Gasteiger partial charge in [-0.3, -0.25) is 0 Å². The molecule has 2 aromatic heterocycles. The molecular weight excluding hydrogens is 324 g/mol. The number of morpholine rings is 1. The molecule has 0 amide bonds. The van der Waals surface area contributed by atoms with Gasteiger partial charge in [-0.2, -0.15) is 0 Å².